The van der Waals surface area contributed by atoms with Crippen molar-refractivity contribution in [2.75, 3.05) is 6.61 Å². The van der Waals surface area contributed by atoms with Gasteiger partial charge in [-0.3, -0.25) is 0 Å². The molecule has 1 aromatic heterocycles. The van der Waals surface area contributed by atoms with E-state index in [-0.39, 0.29) is 12.3 Å². The molecule has 0 aliphatic rings. The monoisotopic (exact) mass is 249 g/mol. The summed E-state index contributed by atoms with van der Waals surface area (Å²) in [5, 5.41) is 9.39. The molecule has 0 unspecified atom stereocenters. The summed E-state index contributed by atoms with van der Waals surface area (Å²) in [7, 11) is 0. The van der Waals surface area contributed by atoms with E-state index in [9.17, 15) is 23.1 Å². The molecule has 0 aliphatic heterocycles. The van der Waals surface area contributed by atoms with Gasteiger partial charge in [0, 0.05) is 11.8 Å². The summed E-state index contributed by atoms with van der Waals surface area (Å²) in [6, 6.07) is 0.974. The fourth-order valence-corrected chi connectivity index (χ4v) is 1.27. The maximum absolute atomic E-state index is 12.6. The Morgan fingerprint density at radius 3 is 2.59 bits per heavy atom. The second-order valence-corrected chi connectivity index (χ2v) is 3.22. The molecule has 0 aliphatic carbocycles. The average Bonchev–Trinajstić information content (AvgIpc) is 2.15. The predicted molar refractivity (Wildman–Crippen MR) is 51.6 cm³/mol. The predicted octanol–water partition coefficient (Wildman–Crippen LogP) is 2.29. The fraction of sp³-hybridized carbons (Fsp3) is 0.400. The van der Waals surface area contributed by atoms with Crippen molar-refractivity contribution in [3.05, 3.63) is 23.0 Å². The molecule has 0 spiro atoms. The van der Waals surface area contributed by atoms with E-state index in [2.05, 4.69) is 9.72 Å². The van der Waals surface area contributed by atoms with E-state index >= 15 is 0 Å². The van der Waals surface area contributed by atoms with Crippen molar-refractivity contribution in [1.29, 1.82) is 0 Å². The molecule has 0 amide bonds. The molecule has 0 bridgehead atoms. The Bertz CT molecular complexity index is 443. The van der Waals surface area contributed by atoms with Crippen LogP contribution in [-0.4, -0.2) is 22.7 Å². The van der Waals surface area contributed by atoms with E-state index in [1.165, 1.54) is 13.8 Å². The summed E-state index contributed by atoms with van der Waals surface area (Å²) in [6.07, 6.45) is -4.83. The van der Waals surface area contributed by atoms with E-state index in [0.29, 0.717) is 0 Å². The molecule has 0 radical (unpaired) electrons. The van der Waals surface area contributed by atoms with Gasteiger partial charge >= 0.3 is 12.1 Å². The van der Waals surface area contributed by atoms with E-state index in [1.807, 2.05) is 0 Å². The van der Waals surface area contributed by atoms with E-state index in [0.717, 1.165) is 6.07 Å². The maximum Gasteiger partial charge on any atom is 0.434 e. The van der Waals surface area contributed by atoms with Gasteiger partial charge in [0.15, 0.2) is 5.69 Å². The Kier molecular flexibility index (Phi) is 3.59. The van der Waals surface area contributed by atoms with E-state index in [4.69, 9.17) is 0 Å². The van der Waals surface area contributed by atoms with Crippen molar-refractivity contribution < 1.29 is 27.8 Å². The van der Waals surface area contributed by atoms with Crippen molar-refractivity contribution in [2.45, 2.75) is 20.0 Å². The van der Waals surface area contributed by atoms with Crippen molar-refractivity contribution >= 4 is 5.97 Å². The van der Waals surface area contributed by atoms with Gasteiger partial charge in [-0.05, 0) is 13.8 Å². The van der Waals surface area contributed by atoms with Gasteiger partial charge in [0.05, 0.1) is 6.61 Å². The Balaban J connectivity index is 3.41. The number of pyridine rings is 1. The molecule has 0 atom stereocenters. The van der Waals surface area contributed by atoms with Gasteiger partial charge in [0.2, 0.25) is 0 Å². The molecule has 17 heavy (non-hydrogen) atoms. The number of alkyl halides is 3. The number of aromatic nitrogens is 1. The van der Waals surface area contributed by atoms with Crippen LogP contribution in [0.15, 0.2) is 6.07 Å². The molecule has 1 rings (SSSR count). The number of hydrogen-bond acceptors (Lipinski definition) is 4. The number of aryl methyl sites for hydroxylation is 1. The van der Waals surface area contributed by atoms with Crippen LogP contribution in [0, 0.1) is 6.92 Å². The lowest BCUT2D eigenvalue weighted by Gasteiger charge is -2.13. The minimum atomic E-state index is -4.83. The number of nitrogens with zero attached hydrogens (tertiary/aromatic N) is 1. The van der Waals surface area contributed by atoms with Crippen LogP contribution < -0.4 is 0 Å². The lowest BCUT2D eigenvalue weighted by molar-refractivity contribution is -0.142. The fourth-order valence-electron chi connectivity index (χ4n) is 1.27. The van der Waals surface area contributed by atoms with Crippen LogP contribution in [0.5, 0.6) is 5.75 Å². The smallest absolute Gasteiger partial charge is 0.434 e. The topological polar surface area (TPSA) is 59.4 Å². The summed E-state index contributed by atoms with van der Waals surface area (Å²) < 4.78 is 42.3. The van der Waals surface area contributed by atoms with Crippen LogP contribution in [0.2, 0.25) is 0 Å². The normalized spacial score (nSPS) is 11.4. The maximum atomic E-state index is 12.6. The van der Waals surface area contributed by atoms with Crippen molar-refractivity contribution in [2.24, 2.45) is 0 Å². The molecular weight excluding hydrogens is 239 g/mol. The summed E-state index contributed by atoms with van der Waals surface area (Å²) in [5.41, 5.74) is -2.43. The van der Waals surface area contributed by atoms with E-state index < -0.39 is 29.2 Å². The Hall–Kier alpha value is -1.79. The largest absolute Gasteiger partial charge is 0.507 e. The molecule has 0 aromatic carbocycles. The molecule has 7 heteroatoms. The number of ether oxygens (including phenoxy) is 1. The number of carbonyl (C=O) groups is 1. The second-order valence-electron chi connectivity index (χ2n) is 3.22. The van der Waals surface area contributed by atoms with Crippen LogP contribution in [0.1, 0.15) is 28.7 Å². The minimum Gasteiger partial charge on any atom is -0.507 e. The first-order valence-electron chi connectivity index (χ1n) is 4.72. The quantitative estimate of drug-likeness (QED) is 0.817. The van der Waals surface area contributed by atoms with Crippen LogP contribution in [0.25, 0.3) is 0 Å². The van der Waals surface area contributed by atoms with Gasteiger partial charge in [-0.25, -0.2) is 9.78 Å². The molecular formula is C10H10F3NO3. The highest BCUT2D eigenvalue weighted by atomic mass is 19.4. The molecule has 1 heterocycles. The molecule has 1 aromatic rings. The molecule has 4 nitrogen and oxygen atoms in total. The minimum absolute atomic E-state index is 0.0390. The number of hydrogen-bond donors (Lipinski definition) is 1. The van der Waals surface area contributed by atoms with Crippen molar-refractivity contribution in [1.82, 2.24) is 4.98 Å². The molecule has 94 valence electrons. The second kappa shape index (κ2) is 4.60. The highest BCUT2D eigenvalue weighted by molar-refractivity contribution is 5.93. The summed E-state index contributed by atoms with van der Waals surface area (Å²) in [5.74, 6) is -2.03. The third kappa shape index (κ3) is 2.86. The summed E-state index contributed by atoms with van der Waals surface area (Å²) in [6.45, 7) is 2.64. The standard InChI is InChI=1S/C10H10F3NO3/c1-3-17-9(16)7-6(15)4-5(2)14-8(7)10(11,12)13/h4H,3H2,1-2H3,(H,14,15). The molecule has 0 saturated carbocycles. The molecule has 1 N–H and O–H groups in total. The lowest BCUT2D eigenvalue weighted by Crippen LogP contribution is -2.18. The van der Waals surface area contributed by atoms with Crippen molar-refractivity contribution in [3.8, 4) is 5.75 Å². The van der Waals surface area contributed by atoms with Gasteiger partial charge in [-0.2, -0.15) is 13.2 Å². The summed E-state index contributed by atoms with van der Waals surface area (Å²) in [4.78, 5) is 14.5. The number of esters is 1. The third-order valence-corrected chi connectivity index (χ3v) is 1.87. The summed E-state index contributed by atoms with van der Waals surface area (Å²) >= 11 is 0. The van der Waals surface area contributed by atoms with Crippen LogP contribution in [0.3, 0.4) is 0 Å². The zero-order valence-electron chi connectivity index (χ0n) is 9.13. The van der Waals surface area contributed by atoms with Crippen LogP contribution in [0.4, 0.5) is 13.2 Å². The number of rotatable bonds is 2. The zero-order valence-corrected chi connectivity index (χ0v) is 9.13. The SMILES string of the molecule is CCOC(=O)c1c(O)cc(C)nc1C(F)(F)F. The Morgan fingerprint density at radius 1 is 1.53 bits per heavy atom. The number of carbonyl (C=O) groups excluding carboxylic acids is 1. The first kappa shape index (κ1) is 13.3. The Morgan fingerprint density at radius 2 is 2.12 bits per heavy atom. The van der Waals surface area contributed by atoms with Crippen LogP contribution >= 0.6 is 0 Å². The van der Waals surface area contributed by atoms with Gasteiger partial charge in [0.1, 0.15) is 11.3 Å². The Labute approximate surface area is 95.0 Å². The lowest BCUT2D eigenvalue weighted by atomic mass is 10.1. The first-order chi connectivity index (χ1) is 7.77. The van der Waals surface area contributed by atoms with Gasteiger partial charge < -0.3 is 9.84 Å². The van der Waals surface area contributed by atoms with Gasteiger partial charge in [0.25, 0.3) is 0 Å². The average molecular weight is 249 g/mol. The van der Waals surface area contributed by atoms with Crippen LogP contribution in [-0.2, 0) is 10.9 Å². The first-order valence-corrected chi connectivity index (χ1v) is 4.72. The molecule has 0 saturated heterocycles. The highest BCUT2D eigenvalue weighted by Crippen LogP contribution is 2.35. The highest BCUT2D eigenvalue weighted by Gasteiger charge is 2.39. The molecule has 0 fully saturated rings. The number of halogens is 3. The zero-order chi connectivity index (χ0) is 13.2. The van der Waals surface area contributed by atoms with Gasteiger partial charge in [-0.1, -0.05) is 0 Å². The van der Waals surface area contributed by atoms with Crippen molar-refractivity contribution in [3.63, 3.8) is 0 Å². The van der Waals surface area contributed by atoms with Gasteiger partial charge in [-0.15, -0.1) is 0 Å². The third-order valence-electron chi connectivity index (χ3n) is 1.87. The van der Waals surface area contributed by atoms with E-state index in [1.54, 1.807) is 0 Å². The number of aromatic hydroxyl groups is 1.